The summed E-state index contributed by atoms with van der Waals surface area (Å²) in [5, 5.41) is 0.623. The highest BCUT2D eigenvalue weighted by molar-refractivity contribution is 6.32. The van der Waals surface area contributed by atoms with Crippen LogP contribution in [-0.2, 0) is 0 Å². The second kappa shape index (κ2) is 5.35. The van der Waals surface area contributed by atoms with Gasteiger partial charge in [-0.25, -0.2) is 0 Å². The maximum atomic E-state index is 11.9. The zero-order valence-electron chi connectivity index (χ0n) is 10.2. The van der Waals surface area contributed by atoms with Gasteiger partial charge in [0.25, 0.3) is 0 Å². The molecule has 0 aromatic heterocycles. The molecule has 1 aromatic rings. The number of hydrogen-bond acceptors (Lipinski definition) is 2. The fourth-order valence-corrected chi connectivity index (χ4v) is 1.95. The highest BCUT2D eigenvalue weighted by Gasteiger charge is 2.18. The predicted molar refractivity (Wildman–Crippen MR) is 66.7 cm³/mol. The Morgan fingerprint density at radius 2 is 2.00 bits per heavy atom. The molecule has 0 fully saturated rings. The van der Waals surface area contributed by atoms with Gasteiger partial charge in [0.2, 0.25) is 0 Å². The number of carbonyl (C=O) groups excluding carboxylic acids is 1. The Hall–Kier alpha value is -1.02. The summed E-state index contributed by atoms with van der Waals surface area (Å²) in [6, 6.07) is 1.84. The molecule has 16 heavy (non-hydrogen) atoms. The van der Waals surface area contributed by atoms with Crippen molar-refractivity contribution in [2.45, 2.75) is 34.1 Å². The SMILES string of the molecule is CCOc1c(C)cc(Cl)c(C)c1C(=O)CC. The molecule has 0 aliphatic carbocycles. The summed E-state index contributed by atoms with van der Waals surface area (Å²) >= 11 is 6.08. The Morgan fingerprint density at radius 1 is 1.38 bits per heavy atom. The van der Waals surface area contributed by atoms with Crippen LogP contribution in [0.15, 0.2) is 6.07 Å². The number of benzene rings is 1. The van der Waals surface area contributed by atoms with E-state index in [-0.39, 0.29) is 5.78 Å². The molecular formula is C13H17ClO2. The quantitative estimate of drug-likeness (QED) is 0.745. The van der Waals surface area contributed by atoms with Crippen LogP contribution in [0, 0.1) is 13.8 Å². The van der Waals surface area contributed by atoms with Gasteiger partial charge in [-0.2, -0.15) is 0 Å². The van der Waals surface area contributed by atoms with Crippen molar-refractivity contribution in [1.29, 1.82) is 0 Å². The van der Waals surface area contributed by atoms with Gasteiger partial charge in [0.05, 0.1) is 12.2 Å². The van der Waals surface area contributed by atoms with E-state index in [9.17, 15) is 4.79 Å². The first-order chi connectivity index (χ1) is 7.52. The summed E-state index contributed by atoms with van der Waals surface area (Å²) in [7, 11) is 0. The lowest BCUT2D eigenvalue weighted by molar-refractivity contribution is 0.0983. The molecule has 0 saturated carbocycles. The molecule has 0 spiro atoms. The number of ketones is 1. The Balaban J connectivity index is 3.44. The van der Waals surface area contributed by atoms with E-state index in [1.54, 1.807) is 0 Å². The Morgan fingerprint density at radius 3 is 2.50 bits per heavy atom. The van der Waals surface area contributed by atoms with E-state index >= 15 is 0 Å². The molecule has 0 aliphatic heterocycles. The van der Waals surface area contributed by atoms with Crippen LogP contribution in [0.4, 0.5) is 0 Å². The number of halogens is 1. The molecule has 0 saturated heterocycles. The highest BCUT2D eigenvalue weighted by atomic mass is 35.5. The van der Waals surface area contributed by atoms with Gasteiger partial charge < -0.3 is 4.74 Å². The zero-order valence-corrected chi connectivity index (χ0v) is 10.9. The zero-order chi connectivity index (χ0) is 12.3. The number of rotatable bonds is 4. The second-order valence-electron chi connectivity index (χ2n) is 3.71. The summed E-state index contributed by atoms with van der Waals surface area (Å²) in [5.41, 5.74) is 2.35. The third-order valence-electron chi connectivity index (χ3n) is 2.55. The maximum Gasteiger partial charge on any atom is 0.166 e. The number of ether oxygens (including phenoxy) is 1. The van der Waals surface area contributed by atoms with Crippen LogP contribution in [0.25, 0.3) is 0 Å². The van der Waals surface area contributed by atoms with Crippen LogP contribution >= 0.6 is 11.6 Å². The lowest BCUT2D eigenvalue weighted by atomic mass is 9.98. The largest absolute Gasteiger partial charge is 0.493 e. The number of aryl methyl sites for hydroxylation is 1. The Bertz CT molecular complexity index is 411. The molecule has 0 amide bonds. The monoisotopic (exact) mass is 240 g/mol. The van der Waals surface area contributed by atoms with Crippen LogP contribution < -0.4 is 4.74 Å². The molecule has 0 atom stereocenters. The summed E-state index contributed by atoms with van der Waals surface area (Å²) < 4.78 is 5.55. The average Bonchev–Trinajstić information content (AvgIpc) is 2.25. The lowest BCUT2D eigenvalue weighted by Gasteiger charge is -2.15. The van der Waals surface area contributed by atoms with Gasteiger partial charge in [0, 0.05) is 11.4 Å². The van der Waals surface area contributed by atoms with Crippen molar-refractivity contribution in [1.82, 2.24) is 0 Å². The minimum Gasteiger partial charge on any atom is -0.493 e. The molecule has 0 unspecified atom stereocenters. The molecule has 3 heteroatoms. The van der Waals surface area contributed by atoms with Crippen LogP contribution in [0.3, 0.4) is 0 Å². The van der Waals surface area contributed by atoms with Gasteiger partial charge >= 0.3 is 0 Å². The van der Waals surface area contributed by atoms with Gasteiger partial charge in [-0.05, 0) is 38.0 Å². The third-order valence-corrected chi connectivity index (χ3v) is 2.94. The standard InChI is InChI=1S/C13H17ClO2/c1-5-11(15)12-9(4)10(14)7-8(3)13(12)16-6-2/h7H,5-6H2,1-4H3. The summed E-state index contributed by atoms with van der Waals surface area (Å²) in [6.07, 6.45) is 0.459. The van der Waals surface area contributed by atoms with E-state index in [1.165, 1.54) is 0 Å². The Kier molecular flexibility index (Phi) is 4.36. The fourth-order valence-electron chi connectivity index (χ4n) is 1.69. The van der Waals surface area contributed by atoms with Crippen molar-refractivity contribution >= 4 is 17.4 Å². The van der Waals surface area contributed by atoms with Gasteiger partial charge in [-0.1, -0.05) is 18.5 Å². The van der Waals surface area contributed by atoms with Crippen molar-refractivity contribution < 1.29 is 9.53 Å². The highest BCUT2D eigenvalue weighted by Crippen LogP contribution is 2.33. The minimum atomic E-state index is 0.0755. The van der Waals surface area contributed by atoms with E-state index in [1.807, 2.05) is 33.8 Å². The summed E-state index contributed by atoms with van der Waals surface area (Å²) in [4.78, 5) is 11.9. The lowest BCUT2D eigenvalue weighted by Crippen LogP contribution is -2.07. The molecule has 1 rings (SSSR count). The van der Waals surface area contributed by atoms with Crippen LogP contribution in [0.1, 0.15) is 41.8 Å². The first-order valence-corrected chi connectivity index (χ1v) is 5.86. The van der Waals surface area contributed by atoms with Gasteiger partial charge in [-0.3, -0.25) is 4.79 Å². The fraction of sp³-hybridized carbons (Fsp3) is 0.462. The van der Waals surface area contributed by atoms with Gasteiger partial charge in [0.1, 0.15) is 5.75 Å². The van der Waals surface area contributed by atoms with E-state index in [4.69, 9.17) is 16.3 Å². The van der Waals surface area contributed by atoms with Crippen molar-refractivity contribution in [2.24, 2.45) is 0 Å². The van der Waals surface area contributed by atoms with E-state index in [0.717, 1.165) is 11.1 Å². The number of Topliss-reactive ketones (excluding diaryl/α,β-unsaturated/α-hetero) is 1. The molecule has 0 aliphatic rings. The summed E-state index contributed by atoms with van der Waals surface area (Å²) in [5.74, 6) is 0.753. The molecule has 0 radical (unpaired) electrons. The smallest absolute Gasteiger partial charge is 0.166 e. The second-order valence-corrected chi connectivity index (χ2v) is 4.12. The van der Waals surface area contributed by atoms with Crippen molar-refractivity contribution in [3.05, 3.63) is 27.8 Å². The van der Waals surface area contributed by atoms with E-state index < -0.39 is 0 Å². The minimum absolute atomic E-state index is 0.0755. The van der Waals surface area contributed by atoms with Crippen LogP contribution in [0.2, 0.25) is 5.02 Å². The maximum absolute atomic E-state index is 11.9. The molecular weight excluding hydrogens is 224 g/mol. The van der Waals surface area contributed by atoms with Crippen LogP contribution in [-0.4, -0.2) is 12.4 Å². The first-order valence-electron chi connectivity index (χ1n) is 5.48. The number of hydrogen-bond donors (Lipinski definition) is 0. The van der Waals surface area contributed by atoms with Gasteiger partial charge in [-0.15, -0.1) is 0 Å². The number of carbonyl (C=O) groups is 1. The van der Waals surface area contributed by atoms with Gasteiger partial charge in [0.15, 0.2) is 5.78 Å². The van der Waals surface area contributed by atoms with Crippen molar-refractivity contribution in [2.75, 3.05) is 6.61 Å². The van der Waals surface area contributed by atoms with Crippen molar-refractivity contribution in [3.63, 3.8) is 0 Å². The first kappa shape index (κ1) is 13.0. The summed E-state index contributed by atoms with van der Waals surface area (Å²) in [6.45, 7) is 8.05. The van der Waals surface area contributed by atoms with Crippen molar-refractivity contribution in [3.8, 4) is 5.75 Å². The normalized spacial score (nSPS) is 10.3. The topological polar surface area (TPSA) is 26.3 Å². The molecule has 0 bridgehead atoms. The van der Waals surface area contributed by atoms with Crippen LogP contribution in [0.5, 0.6) is 5.75 Å². The molecule has 0 heterocycles. The average molecular weight is 241 g/mol. The molecule has 2 nitrogen and oxygen atoms in total. The van der Waals surface area contributed by atoms with E-state index in [0.29, 0.717) is 29.4 Å². The molecule has 1 aromatic carbocycles. The molecule has 0 N–H and O–H groups in total. The molecule has 88 valence electrons. The third kappa shape index (κ3) is 2.38. The Labute approximate surface area is 102 Å². The predicted octanol–water partition coefficient (Wildman–Crippen LogP) is 3.95. The van der Waals surface area contributed by atoms with E-state index in [2.05, 4.69) is 0 Å².